The van der Waals surface area contributed by atoms with Crippen LogP contribution in [-0.2, 0) is 22.4 Å². The molecule has 5 nitrogen and oxygen atoms in total. The third kappa shape index (κ3) is 4.99. The molecule has 1 aromatic heterocycles. The summed E-state index contributed by atoms with van der Waals surface area (Å²) in [5, 5.41) is 2.91. The summed E-state index contributed by atoms with van der Waals surface area (Å²) in [6.07, 6.45) is 6.68. The van der Waals surface area contributed by atoms with Gasteiger partial charge < -0.3 is 10.2 Å². The van der Waals surface area contributed by atoms with Crippen LogP contribution in [0.3, 0.4) is 0 Å². The summed E-state index contributed by atoms with van der Waals surface area (Å²) >= 11 is 1.62. The molecule has 4 rings (SSSR count). The number of thioether (sulfide) groups is 1. The molecule has 2 aromatic rings. The van der Waals surface area contributed by atoms with Crippen LogP contribution in [0.15, 0.2) is 41.4 Å². The van der Waals surface area contributed by atoms with E-state index in [1.54, 1.807) is 18.0 Å². The second kappa shape index (κ2) is 8.99. The lowest BCUT2D eigenvalue weighted by molar-refractivity contribution is -0.132. The first-order chi connectivity index (χ1) is 14.1. The Labute approximate surface area is 176 Å². The first kappa shape index (κ1) is 20.0. The molecular weight excluding hydrogens is 382 g/mol. The Hall–Kier alpha value is -2.34. The van der Waals surface area contributed by atoms with Gasteiger partial charge in [-0.3, -0.25) is 9.59 Å². The molecule has 6 heteroatoms. The van der Waals surface area contributed by atoms with Crippen LogP contribution in [0.4, 0.5) is 5.82 Å². The van der Waals surface area contributed by atoms with E-state index >= 15 is 0 Å². The fourth-order valence-electron chi connectivity index (χ4n) is 4.10. The minimum absolute atomic E-state index is 0.00251. The highest BCUT2D eigenvalue weighted by molar-refractivity contribution is 8.00. The second-order valence-corrected chi connectivity index (χ2v) is 8.98. The summed E-state index contributed by atoms with van der Waals surface area (Å²) in [4.78, 5) is 32.4. The molecule has 1 aliphatic carbocycles. The SMILES string of the molecule is Cc1ccnc(NC(=O)C2CCN(C(=O)CSc3ccc4c(c3)CCC4)CC2)c1. The van der Waals surface area contributed by atoms with Crippen molar-refractivity contribution >= 4 is 29.4 Å². The summed E-state index contributed by atoms with van der Waals surface area (Å²) < 4.78 is 0. The molecule has 2 aliphatic rings. The quantitative estimate of drug-likeness (QED) is 0.762. The van der Waals surface area contributed by atoms with Crippen LogP contribution < -0.4 is 5.32 Å². The van der Waals surface area contributed by atoms with E-state index < -0.39 is 0 Å². The van der Waals surface area contributed by atoms with E-state index in [1.165, 1.54) is 28.9 Å². The molecule has 0 atom stereocenters. The molecule has 2 amide bonds. The first-order valence-electron chi connectivity index (χ1n) is 10.3. The van der Waals surface area contributed by atoms with Gasteiger partial charge in [0.15, 0.2) is 0 Å². The maximum absolute atomic E-state index is 12.6. The molecule has 1 aliphatic heterocycles. The van der Waals surface area contributed by atoms with Crippen molar-refractivity contribution < 1.29 is 9.59 Å². The Morgan fingerprint density at radius 1 is 1.14 bits per heavy atom. The number of hydrogen-bond donors (Lipinski definition) is 1. The van der Waals surface area contributed by atoms with Crippen molar-refractivity contribution in [1.82, 2.24) is 9.88 Å². The van der Waals surface area contributed by atoms with Gasteiger partial charge in [-0.1, -0.05) is 6.07 Å². The van der Waals surface area contributed by atoms with Crippen molar-refractivity contribution in [2.24, 2.45) is 5.92 Å². The van der Waals surface area contributed by atoms with Crippen LogP contribution in [0.5, 0.6) is 0 Å². The molecule has 2 heterocycles. The number of aryl methyl sites for hydroxylation is 3. The van der Waals surface area contributed by atoms with Crippen LogP contribution in [0, 0.1) is 12.8 Å². The third-order valence-electron chi connectivity index (χ3n) is 5.82. The molecule has 0 unspecified atom stereocenters. The number of hydrogen-bond acceptors (Lipinski definition) is 4. The number of nitrogens with one attached hydrogen (secondary N) is 1. The summed E-state index contributed by atoms with van der Waals surface area (Å²) in [5.74, 6) is 1.16. The van der Waals surface area contributed by atoms with Gasteiger partial charge in [-0.2, -0.15) is 0 Å². The van der Waals surface area contributed by atoms with Crippen LogP contribution in [0.25, 0.3) is 0 Å². The van der Waals surface area contributed by atoms with E-state index in [1.807, 2.05) is 24.0 Å². The molecule has 1 aromatic carbocycles. The Bertz CT molecular complexity index is 907. The Morgan fingerprint density at radius 3 is 2.72 bits per heavy atom. The number of piperidine rings is 1. The molecule has 0 radical (unpaired) electrons. The van der Waals surface area contributed by atoms with Gasteiger partial charge in [-0.15, -0.1) is 11.8 Å². The zero-order chi connectivity index (χ0) is 20.2. The van der Waals surface area contributed by atoms with Gasteiger partial charge in [-0.05, 0) is 80.0 Å². The van der Waals surface area contributed by atoms with Crippen molar-refractivity contribution in [3.63, 3.8) is 0 Å². The molecule has 0 saturated carbocycles. The normalized spacial score (nSPS) is 16.5. The van der Waals surface area contributed by atoms with E-state index in [-0.39, 0.29) is 17.7 Å². The lowest BCUT2D eigenvalue weighted by Crippen LogP contribution is -2.42. The largest absolute Gasteiger partial charge is 0.342 e. The standard InChI is InChI=1S/C23H27N3O2S/c1-16-7-10-24-21(13-16)25-23(28)18-8-11-26(12-9-18)22(27)15-29-20-6-5-17-3-2-4-19(17)14-20/h5-7,10,13-14,18H,2-4,8-9,11-12,15H2,1H3,(H,24,25,28). The van der Waals surface area contributed by atoms with Crippen molar-refractivity contribution in [1.29, 1.82) is 0 Å². The number of anilines is 1. The van der Waals surface area contributed by atoms with Crippen LogP contribution >= 0.6 is 11.8 Å². The number of nitrogens with zero attached hydrogens (tertiary/aromatic N) is 2. The number of carbonyl (C=O) groups excluding carboxylic acids is 2. The smallest absolute Gasteiger partial charge is 0.232 e. The average Bonchev–Trinajstić information content (AvgIpc) is 3.20. The molecule has 0 spiro atoms. The van der Waals surface area contributed by atoms with Gasteiger partial charge >= 0.3 is 0 Å². The number of carbonyl (C=O) groups is 2. The first-order valence-corrected chi connectivity index (χ1v) is 11.3. The van der Waals surface area contributed by atoms with Gasteiger partial charge in [0.05, 0.1) is 5.75 Å². The molecule has 1 saturated heterocycles. The van der Waals surface area contributed by atoms with Crippen LogP contribution in [0.2, 0.25) is 0 Å². The van der Waals surface area contributed by atoms with Crippen molar-refractivity contribution in [2.45, 2.75) is 43.9 Å². The molecule has 0 bridgehead atoms. The summed E-state index contributed by atoms with van der Waals surface area (Å²) in [6.45, 7) is 3.26. The van der Waals surface area contributed by atoms with E-state index in [0.717, 1.165) is 12.0 Å². The Morgan fingerprint density at radius 2 is 1.93 bits per heavy atom. The minimum Gasteiger partial charge on any atom is -0.342 e. The van der Waals surface area contributed by atoms with Crippen molar-refractivity contribution in [2.75, 3.05) is 24.2 Å². The monoisotopic (exact) mass is 409 g/mol. The predicted molar refractivity (Wildman–Crippen MR) is 116 cm³/mol. The maximum Gasteiger partial charge on any atom is 0.232 e. The van der Waals surface area contributed by atoms with Gasteiger partial charge in [-0.25, -0.2) is 4.98 Å². The number of aromatic nitrogens is 1. The van der Waals surface area contributed by atoms with Gasteiger partial charge in [0, 0.05) is 30.1 Å². The van der Waals surface area contributed by atoms with Gasteiger partial charge in [0.2, 0.25) is 11.8 Å². The number of amides is 2. The molecule has 1 N–H and O–H groups in total. The second-order valence-electron chi connectivity index (χ2n) is 7.94. The number of likely N-dealkylation sites (tertiary alicyclic amines) is 1. The van der Waals surface area contributed by atoms with Gasteiger partial charge in [0.25, 0.3) is 0 Å². The zero-order valence-electron chi connectivity index (χ0n) is 16.8. The van der Waals surface area contributed by atoms with E-state index in [4.69, 9.17) is 0 Å². The van der Waals surface area contributed by atoms with Crippen molar-refractivity contribution in [3.05, 3.63) is 53.2 Å². The predicted octanol–water partition coefficient (Wildman–Crippen LogP) is 3.85. The highest BCUT2D eigenvalue weighted by Gasteiger charge is 2.27. The molecule has 152 valence electrons. The Kier molecular flexibility index (Phi) is 6.19. The summed E-state index contributed by atoms with van der Waals surface area (Å²) in [5.41, 5.74) is 3.97. The number of rotatable bonds is 5. The fraction of sp³-hybridized carbons (Fsp3) is 0.435. The number of pyridine rings is 1. The highest BCUT2D eigenvalue weighted by Crippen LogP contribution is 2.28. The highest BCUT2D eigenvalue weighted by atomic mass is 32.2. The topological polar surface area (TPSA) is 62.3 Å². The number of benzene rings is 1. The molecule has 1 fully saturated rings. The minimum atomic E-state index is -0.0641. The zero-order valence-corrected chi connectivity index (χ0v) is 17.6. The van der Waals surface area contributed by atoms with E-state index in [9.17, 15) is 9.59 Å². The maximum atomic E-state index is 12.6. The third-order valence-corrected chi connectivity index (χ3v) is 6.80. The lowest BCUT2D eigenvalue weighted by atomic mass is 9.96. The van der Waals surface area contributed by atoms with E-state index in [2.05, 4.69) is 28.5 Å². The van der Waals surface area contributed by atoms with Crippen LogP contribution in [-0.4, -0.2) is 40.5 Å². The fourth-order valence-corrected chi connectivity index (χ4v) is 4.96. The summed E-state index contributed by atoms with van der Waals surface area (Å²) in [6, 6.07) is 10.4. The van der Waals surface area contributed by atoms with Crippen LogP contribution in [0.1, 0.15) is 36.0 Å². The van der Waals surface area contributed by atoms with Crippen molar-refractivity contribution in [3.8, 4) is 0 Å². The molecule has 29 heavy (non-hydrogen) atoms. The Balaban J connectivity index is 1.23. The number of fused-ring (bicyclic) bond motifs is 1. The van der Waals surface area contributed by atoms with E-state index in [0.29, 0.717) is 37.5 Å². The average molecular weight is 410 g/mol. The molecular formula is C23H27N3O2S. The van der Waals surface area contributed by atoms with Gasteiger partial charge in [0.1, 0.15) is 5.82 Å². The lowest BCUT2D eigenvalue weighted by Gasteiger charge is -2.31. The summed E-state index contributed by atoms with van der Waals surface area (Å²) in [7, 11) is 0.